The van der Waals surface area contributed by atoms with Gasteiger partial charge in [0.05, 0.1) is 0 Å². The van der Waals surface area contributed by atoms with E-state index in [0.717, 1.165) is 23.8 Å². The van der Waals surface area contributed by atoms with E-state index in [-0.39, 0.29) is 0 Å². The predicted molar refractivity (Wildman–Crippen MR) is 80.8 cm³/mol. The highest BCUT2D eigenvalue weighted by Crippen LogP contribution is 2.41. The Morgan fingerprint density at radius 3 is 2.85 bits per heavy atom. The van der Waals surface area contributed by atoms with Crippen molar-refractivity contribution in [2.24, 2.45) is 11.8 Å². The second-order valence-corrected chi connectivity index (χ2v) is 6.25. The van der Waals surface area contributed by atoms with E-state index in [1.807, 2.05) is 6.07 Å². The average molecular weight is 271 g/mol. The van der Waals surface area contributed by atoms with Crippen molar-refractivity contribution in [2.75, 3.05) is 6.79 Å². The van der Waals surface area contributed by atoms with Gasteiger partial charge in [0.1, 0.15) is 0 Å². The molecule has 1 aromatic rings. The van der Waals surface area contributed by atoms with Crippen LogP contribution in [-0.2, 0) is 6.42 Å². The fourth-order valence-electron chi connectivity index (χ4n) is 3.26. The third kappa shape index (κ3) is 2.70. The van der Waals surface area contributed by atoms with Crippen molar-refractivity contribution in [3.05, 3.63) is 41.8 Å². The lowest BCUT2D eigenvalue weighted by molar-refractivity contribution is 0.174. The summed E-state index contributed by atoms with van der Waals surface area (Å²) < 4.78 is 10.8. The normalized spacial score (nSPS) is 25.7. The second-order valence-electron chi connectivity index (χ2n) is 6.25. The molecular formula is C18H23O2. The Balaban J connectivity index is 1.71. The highest BCUT2D eigenvalue weighted by Gasteiger charge is 2.29. The molecule has 1 heterocycles. The molecule has 1 fully saturated rings. The minimum absolute atomic E-state index is 0.351. The topological polar surface area (TPSA) is 18.5 Å². The molecule has 0 amide bonds. The first-order chi connectivity index (χ1) is 9.63. The molecule has 2 aliphatic rings. The van der Waals surface area contributed by atoms with E-state index >= 15 is 0 Å². The molecule has 107 valence electrons. The lowest BCUT2D eigenvalue weighted by Gasteiger charge is -2.34. The van der Waals surface area contributed by atoms with Gasteiger partial charge in [0, 0.05) is 0 Å². The molecule has 1 aliphatic carbocycles. The second kappa shape index (κ2) is 5.51. The molecule has 1 radical (unpaired) electrons. The number of allylic oxidation sites excluding steroid dienone is 1. The monoisotopic (exact) mass is 271 g/mol. The summed E-state index contributed by atoms with van der Waals surface area (Å²) in [6.45, 7) is 9.02. The summed E-state index contributed by atoms with van der Waals surface area (Å²) in [7, 11) is 0. The van der Waals surface area contributed by atoms with Gasteiger partial charge in [-0.1, -0.05) is 25.1 Å². The molecule has 1 saturated carbocycles. The van der Waals surface area contributed by atoms with Crippen molar-refractivity contribution in [3.8, 4) is 11.5 Å². The summed E-state index contributed by atoms with van der Waals surface area (Å²) in [6, 6.07) is 6.33. The Kier molecular flexibility index (Phi) is 3.73. The van der Waals surface area contributed by atoms with Gasteiger partial charge in [-0.25, -0.2) is 0 Å². The molecule has 3 rings (SSSR count). The SMILES string of the molecule is C=C(C)C1CCC(C)[C](Cc2ccc3c(c2)OCO3)C1. The Morgan fingerprint density at radius 1 is 1.25 bits per heavy atom. The van der Waals surface area contributed by atoms with Crippen molar-refractivity contribution in [3.63, 3.8) is 0 Å². The van der Waals surface area contributed by atoms with Gasteiger partial charge in [0.15, 0.2) is 11.5 Å². The van der Waals surface area contributed by atoms with Crippen molar-refractivity contribution < 1.29 is 9.47 Å². The largest absolute Gasteiger partial charge is 0.454 e. The third-order valence-electron chi connectivity index (χ3n) is 4.72. The molecule has 2 heteroatoms. The predicted octanol–water partition coefficient (Wildman–Crippen LogP) is 4.54. The molecule has 1 aliphatic heterocycles. The van der Waals surface area contributed by atoms with Crippen LogP contribution in [0.2, 0.25) is 0 Å². The van der Waals surface area contributed by atoms with Crippen LogP contribution in [0.25, 0.3) is 0 Å². The molecule has 0 N–H and O–H groups in total. The Hall–Kier alpha value is -1.44. The van der Waals surface area contributed by atoms with Crippen LogP contribution < -0.4 is 9.47 Å². The first kappa shape index (κ1) is 13.5. The minimum atomic E-state index is 0.351. The van der Waals surface area contributed by atoms with Crippen LogP contribution in [-0.4, -0.2) is 6.79 Å². The molecule has 0 bridgehead atoms. The quantitative estimate of drug-likeness (QED) is 0.751. The van der Waals surface area contributed by atoms with Crippen LogP contribution in [0.4, 0.5) is 0 Å². The summed E-state index contributed by atoms with van der Waals surface area (Å²) in [4.78, 5) is 0. The first-order valence-electron chi connectivity index (χ1n) is 7.52. The molecule has 1 aromatic carbocycles. The zero-order valence-corrected chi connectivity index (χ0v) is 12.4. The number of benzene rings is 1. The molecule has 0 saturated heterocycles. The van der Waals surface area contributed by atoms with Gasteiger partial charge >= 0.3 is 0 Å². The van der Waals surface area contributed by atoms with Crippen LogP contribution in [0.3, 0.4) is 0 Å². The van der Waals surface area contributed by atoms with E-state index in [9.17, 15) is 0 Å². The molecule has 2 nitrogen and oxygen atoms in total. The van der Waals surface area contributed by atoms with E-state index in [1.165, 1.54) is 30.4 Å². The number of ether oxygens (including phenoxy) is 2. The minimum Gasteiger partial charge on any atom is -0.454 e. The third-order valence-corrected chi connectivity index (χ3v) is 4.72. The van der Waals surface area contributed by atoms with Gasteiger partial charge in [0.2, 0.25) is 6.79 Å². The van der Waals surface area contributed by atoms with E-state index in [1.54, 1.807) is 5.92 Å². The fraction of sp³-hybridized carbons (Fsp3) is 0.500. The van der Waals surface area contributed by atoms with Gasteiger partial charge in [-0.2, -0.15) is 0 Å². The highest BCUT2D eigenvalue weighted by molar-refractivity contribution is 5.45. The molecular weight excluding hydrogens is 248 g/mol. The maximum atomic E-state index is 5.47. The van der Waals surface area contributed by atoms with E-state index < -0.39 is 0 Å². The summed E-state index contributed by atoms with van der Waals surface area (Å²) in [6.07, 6.45) is 4.84. The standard InChI is InChI=1S/C18H23O2/c1-12(2)15-6-4-13(3)16(10-15)8-14-5-7-17-18(9-14)20-11-19-17/h5,7,9,13,15H,1,4,6,8,10-11H2,2-3H3. The zero-order valence-electron chi connectivity index (χ0n) is 12.4. The lowest BCUT2D eigenvalue weighted by Crippen LogP contribution is -2.23. The van der Waals surface area contributed by atoms with Crippen LogP contribution in [0.1, 0.15) is 38.7 Å². The average Bonchev–Trinajstić information content (AvgIpc) is 2.88. The molecule has 0 aromatic heterocycles. The van der Waals surface area contributed by atoms with Crippen LogP contribution in [0.5, 0.6) is 11.5 Å². The Morgan fingerprint density at radius 2 is 2.05 bits per heavy atom. The highest BCUT2D eigenvalue weighted by atomic mass is 16.7. The van der Waals surface area contributed by atoms with E-state index in [2.05, 4.69) is 32.6 Å². The van der Waals surface area contributed by atoms with Gasteiger partial charge in [-0.05, 0) is 68.1 Å². The molecule has 2 unspecified atom stereocenters. The van der Waals surface area contributed by atoms with Crippen LogP contribution in [0, 0.1) is 17.8 Å². The Labute approximate surface area is 121 Å². The molecule has 2 atom stereocenters. The summed E-state index contributed by atoms with van der Waals surface area (Å²) >= 11 is 0. The van der Waals surface area contributed by atoms with E-state index in [0.29, 0.717) is 12.7 Å². The maximum Gasteiger partial charge on any atom is 0.231 e. The van der Waals surface area contributed by atoms with Gasteiger partial charge in [-0.15, -0.1) is 0 Å². The van der Waals surface area contributed by atoms with Crippen molar-refractivity contribution in [2.45, 2.75) is 39.5 Å². The zero-order chi connectivity index (χ0) is 14.1. The van der Waals surface area contributed by atoms with Crippen molar-refractivity contribution in [1.29, 1.82) is 0 Å². The summed E-state index contributed by atoms with van der Waals surface area (Å²) in [5, 5.41) is 0. The fourth-order valence-corrected chi connectivity index (χ4v) is 3.26. The van der Waals surface area contributed by atoms with Crippen molar-refractivity contribution in [1.82, 2.24) is 0 Å². The lowest BCUT2D eigenvalue weighted by atomic mass is 9.71. The summed E-state index contributed by atoms with van der Waals surface area (Å²) in [5.41, 5.74) is 2.67. The number of hydrogen-bond acceptors (Lipinski definition) is 2. The van der Waals surface area contributed by atoms with Crippen LogP contribution >= 0.6 is 0 Å². The van der Waals surface area contributed by atoms with Gasteiger partial charge in [0.25, 0.3) is 0 Å². The van der Waals surface area contributed by atoms with Gasteiger partial charge in [-0.3, -0.25) is 0 Å². The number of hydrogen-bond donors (Lipinski definition) is 0. The first-order valence-corrected chi connectivity index (χ1v) is 7.52. The number of fused-ring (bicyclic) bond motifs is 1. The molecule has 20 heavy (non-hydrogen) atoms. The smallest absolute Gasteiger partial charge is 0.231 e. The van der Waals surface area contributed by atoms with Crippen LogP contribution in [0.15, 0.2) is 30.4 Å². The molecule has 0 spiro atoms. The summed E-state index contributed by atoms with van der Waals surface area (Å²) in [5.74, 6) is 4.81. The maximum absolute atomic E-state index is 5.47. The van der Waals surface area contributed by atoms with E-state index in [4.69, 9.17) is 9.47 Å². The Bertz CT molecular complexity index is 506. The number of rotatable bonds is 3. The van der Waals surface area contributed by atoms with Crippen molar-refractivity contribution >= 4 is 0 Å². The van der Waals surface area contributed by atoms with Gasteiger partial charge < -0.3 is 9.47 Å².